The van der Waals surface area contributed by atoms with Crippen LogP contribution in [0.1, 0.15) is 29.2 Å². The van der Waals surface area contributed by atoms with E-state index in [4.69, 9.17) is 11.6 Å². The van der Waals surface area contributed by atoms with E-state index in [2.05, 4.69) is 15.0 Å². The van der Waals surface area contributed by atoms with Crippen LogP contribution in [0.2, 0.25) is 5.02 Å². The summed E-state index contributed by atoms with van der Waals surface area (Å²) in [5, 5.41) is 3.36. The number of hydrogen-bond acceptors (Lipinski definition) is 3. The standard InChI is InChI=1S/C31H22ClF5N2O2/c32-24-5-2-1-4-21(24)17-38-30(40)23-16-27(28-25(33)6-3-7-26(28)34)39-29(23)20-10-8-18(9-11-20)19-12-14-22(15-13-19)41-31(35,36)37/h1-15,23,29H,16-17H2,(H,38,40)/t23-,29?/m0/s1. The summed E-state index contributed by atoms with van der Waals surface area (Å²) in [6.45, 7) is 0.165. The minimum atomic E-state index is -4.79. The van der Waals surface area contributed by atoms with E-state index >= 15 is 0 Å². The van der Waals surface area contributed by atoms with Gasteiger partial charge in [0.25, 0.3) is 0 Å². The minimum Gasteiger partial charge on any atom is -0.406 e. The van der Waals surface area contributed by atoms with Gasteiger partial charge in [-0.25, -0.2) is 8.78 Å². The molecular weight excluding hydrogens is 563 g/mol. The molecule has 4 nitrogen and oxygen atoms in total. The van der Waals surface area contributed by atoms with E-state index in [1.807, 2.05) is 0 Å². The summed E-state index contributed by atoms with van der Waals surface area (Å²) in [5.74, 6) is -2.98. The monoisotopic (exact) mass is 584 g/mol. The first kappa shape index (κ1) is 28.3. The highest BCUT2D eigenvalue weighted by atomic mass is 35.5. The second-order valence-corrected chi connectivity index (χ2v) is 9.84. The quantitative estimate of drug-likeness (QED) is 0.223. The number of rotatable bonds is 7. The maximum absolute atomic E-state index is 14.6. The number of nitrogens with zero attached hydrogens (tertiary/aromatic N) is 1. The van der Waals surface area contributed by atoms with E-state index in [0.717, 1.165) is 12.1 Å². The van der Waals surface area contributed by atoms with Crippen molar-refractivity contribution < 1.29 is 31.5 Å². The molecule has 0 spiro atoms. The summed E-state index contributed by atoms with van der Waals surface area (Å²) in [6.07, 6.45) is -4.77. The van der Waals surface area contributed by atoms with Gasteiger partial charge in [0.15, 0.2) is 0 Å². The number of carbonyl (C=O) groups is 1. The van der Waals surface area contributed by atoms with E-state index < -0.39 is 30.0 Å². The SMILES string of the molecule is O=C(NCc1ccccc1Cl)[C@H]1CC(c2c(F)cccc2F)=NC1c1ccc(-c2ccc(OC(F)(F)F)cc2)cc1. The van der Waals surface area contributed by atoms with Gasteiger partial charge in [-0.05, 0) is 52.6 Å². The summed E-state index contributed by atoms with van der Waals surface area (Å²) >= 11 is 6.22. The molecule has 4 aromatic carbocycles. The fourth-order valence-electron chi connectivity index (χ4n) is 4.79. The van der Waals surface area contributed by atoms with Crippen molar-refractivity contribution in [1.29, 1.82) is 0 Å². The molecule has 1 N–H and O–H groups in total. The Morgan fingerprint density at radius 2 is 1.49 bits per heavy atom. The fourth-order valence-corrected chi connectivity index (χ4v) is 4.99. The summed E-state index contributed by atoms with van der Waals surface area (Å²) in [6, 6.07) is 22.2. The number of benzene rings is 4. The van der Waals surface area contributed by atoms with Gasteiger partial charge in [0.2, 0.25) is 5.91 Å². The average molecular weight is 585 g/mol. The number of ether oxygens (including phenoxy) is 1. The molecule has 0 saturated carbocycles. The molecule has 1 aliphatic heterocycles. The van der Waals surface area contributed by atoms with Gasteiger partial charge in [-0.3, -0.25) is 9.79 Å². The second-order valence-electron chi connectivity index (χ2n) is 9.43. The molecule has 10 heteroatoms. The van der Waals surface area contributed by atoms with Crippen LogP contribution in [0.5, 0.6) is 5.75 Å². The maximum atomic E-state index is 14.6. The molecule has 0 aliphatic carbocycles. The molecule has 5 rings (SSSR count). The zero-order valence-electron chi connectivity index (χ0n) is 21.3. The number of halogens is 6. The zero-order valence-corrected chi connectivity index (χ0v) is 22.0. The molecule has 4 aromatic rings. The molecule has 0 saturated heterocycles. The summed E-state index contributed by atoms with van der Waals surface area (Å²) < 4.78 is 70.6. The molecule has 1 amide bonds. The van der Waals surface area contributed by atoms with Crippen molar-refractivity contribution in [1.82, 2.24) is 5.32 Å². The summed E-state index contributed by atoms with van der Waals surface area (Å²) in [5.41, 5.74) is 2.58. The predicted octanol–water partition coefficient (Wildman–Crippen LogP) is 8.05. The van der Waals surface area contributed by atoms with Crippen molar-refractivity contribution in [3.63, 3.8) is 0 Å². The topological polar surface area (TPSA) is 50.7 Å². The molecule has 0 aromatic heterocycles. The van der Waals surface area contributed by atoms with E-state index in [-0.39, 0.29) is 35.9 Å². The summed E-state index contributed by atoms with van der Waals surface area (Å²) in [4.78, 5) is 18.0. The van der Waals surface area contributed by atoms with Crippen molar-refractivity contribution in [2.45, 2.75) is 25.4 Å². The van der Waals surface area contributed by atoms with Crippen molar-refractivity contribution in [2.24, 2.45) is 10.9 Å². The second kappa shape index (κ2) is 11.7. The first-order valence-electron chi connectivity index (χ1n) is 12.6. The molecule has 0 bridgehead atoms. The highest BCUT2D eigenvalue weighted by Gasteiger charge is 2.38. The Hall–Kier alpha value is -4.24. The lowest BCUT2D eigenvalue weighted by Crippen LogP contribution is -2.32. The lowest BCUT2D eigenvalue weighted by atomic mass is 9.89. The normalized spacial score (nSPS) is 16.8. The van der Waals surface area contributed by atoms with Crippen LogP contribution >= 0.6 is 11.6 Å². The Bertz CT molecular complexity index is 1570. The van der Waals surface area contributed by atoms with Gasteiger partial charge >= 0.3 is 6.36 Å². The third-order valence-electron chi connectivity index (χ3n) is 6.76. The molecule has 0 radical (unpaired) electrons. The highest BCUT2D eigenvalue weighted by molar-refractivity contribution is 6.31. The number of carbonyl (C=O) groups excluding carboxylic acids is 1. The van der Waals surface area contributed by atoms with Crippen LogP contribution in [-0.2, 0) is 11.3 Å². The van der Waals surface area contributed by atoms with Crippen LogP contribution in [0.4, 0.5) is 22.0 Å². The van der Waals surface area contributed by atoms with E-state index in [0.29, 0.717) is 27.3 Å². The highest BCUT2D eigenvalue weighted by Crippen LogP contribution is 2.38. The Morgan fingerprint density at radius 3 is 2.10 bits per heavy atom. The van der Waals surface area contributed by atoms with Gasteiger partial charge in [0, 0.05) is 23.7 Å². The van der Waals surface area contributed by atoms with Crippen LogP contribution in [0.25, 0.3) is 11.1 Å². The van der Waals surface area contributed by atoms with Crippen molar-refractivity contribution in [3.05, 3.63) is 124 Å². The first-order valence-corrected chi connectivity index (χ1v) is 12.9. The van der Waals surface area contributed by atoms with Crippen LogP contribution < -0.4 is 10.1 Å². The molecule has 2 atom stereocenters. The van der Waals surface area contributed by atoms with Crippen LogP contribution in [-0.4, -0.2) is 18.0 Å². The maximum Gasteiger partial charge on any atom is 0.573 e. The predicted molar refractivity (Wildman–Crippen MR) is 146 cm³/mol. The number of alkyl halides is 3. The van der Waals surface area contributed by atoms with Crippen molar-refractivity contribution in [2.75, 3.05) is 0 Å². The number of hydrogen-bond donors (Lipinski definition) is 1. The van der Waals surface area contributed by atoms with Gasteiger partial charge in [-0.15, -0.1) is 13.2 Å². The zero-order chi connectivity index (χ0) is 29.1. The largest absolute Gasteiger partial charge is 0.573 e. The van der Waals surface area contributed by atoms with Crippen molar-refractivity contribution in [3.8, 4) is 16.9 Å². The van der Waals surface area contributed by atoms with E-state index in [1.54, 1.807) is 48.5 Å². The molecule has 210 valence electrons. The number of amides is 1. The lowest BCUT2D eigenvalue weighted by molar-refractivity contribution is -0.274. The molecule has 1 unspecified atom stereocenters. The molecule has 1 aliphatic rings. The molecule has 0 fully saturated rings. The third-order valence-corrected chi connectivity index (χ3v) is 7.13. The third kappa shape index (κ3) is 6.57. The molecular formula is C31H22ClF5N2O2. The van der Waals surface area contributed by atoms with Gasteiger partial charge in [-0.1, -0.05) is 72.3 Å². The molecule has 41 heavy (non-hydrogen) atoms. The smallest absolute Gasteiger partial charge is 0.406 e. The molecule has 1 heterocycles. The number of aliphatic imine (C=N–C) groups is 1. The van der Waals surface area contributed by atoms with Gasteiger partial charge in [-0.2, -0.15) is 0 Å². The van der Waals surface area contributed by atoms with Gasteiger partial charge in [0.1, 0.15) is 17.4 Å². The van der Waals surface area contributed by atoms with Crippen LogP contribution in [0, 0.1) is 17.6 Å². The van der Waals surface area contributed by atoms with Gasteiger partial charge in [0.05, 0.1) is 17.5 Å². The van der Waals surface area contributed by atoms with Crippen molar-refractivity contribution >= 4 is 23.2 Å². The Morgan fingerprint density at radius 1 is 0.878 bits per heavy atom. The average Bonchev–Trinajstić information content (AvgIpc) is 3.37. The Balaban J connectivity index is 1.41. The van der Waals surface area contributed by atoms with Crippen LogP contribution in [0.3, 0.4) is 0 Å². The fraction of sp³-hybridized carbons (Fsp3) is 0.161. The van der Waals surface area contributed by atoms with E-state index in [9.17, 15) is 26.7 Å². The Labute approximate surface area is 237 Å². The Kier molecular flexibility index (Phi) is 8.08. The minimum absolute atomic E-state index is 0.0132. The van der Waals surface area contributed by atoms with E-state index in [1.165, 1.54) is 30.3 Å². The summed E-state index contributed by atoms with van der Waals surface area (Å²) in [7, 11) is 0. The van der Waals surface area contributed by atoms with Crippen LogP contribution in [0.15, 0.2) is 96.0 Å². The lowest BCUT2D eigenvalue weighted by Gasteiger charge is -2.19. The first-order chi connectivity index (χ1) is 19.6. The number of nitrogens with one attached hydrogen (secondary N) is 1. The van der Waals surface area contributed by atoms with Gasteiger partial charge < -0.3 is 10.1 Å².